The number of ketones is 1. The first-order chi connectivity index (χ1) is 16.8. The lowest BCUT2D eigenvalue weighted by atomic mass is 9.94. The number of benzene rings is 2. The molecule has 1 aromatic heterocycles. The Bertz CT molecular complexity index is 1320. The largest absolute Gasteiger partial charge is 0.872 e. The van der Waals surface area contributed by atoms with Gasteiger partial charge in [-0.2, -0.15) is 0 Å². The number of Topliss-reactive ketones (excluding diaryl/α,β-unsaturated/α-hetero) is 1. The zero-order valence-corrected chi connectivity index (χ0v) is 19.9. The molecule has 1 saturated heterocycles. The molecule has 2 aromatic carbocycles. The van der Waals surface area contributed by atoms with Crippen LogP contribution in [0, 0.1) is 0 Å². The van der Waals surface area contributed by atoms with E-state index in [0.29, 0.717) is 12.0 Å². The van der Waals surface area contributed by atoms with E-state index in [-0.39, 0.29) is 18.2 Å². The molecule has 0 radical (unpaired) electrons. The number of carbonyl (C=O) groups is 2. The van der Waals surface area contributed by atoms with E-state index in [1.54, 1.807) is 30.6 Å². The summed E-state index contributed by atoms with van der Waals surface area (Å²) >= 11 is 0. The highest BCUT2D eigenvalue weighted by Gasteiger charge is 2.44. The molecule has 0 spiro atoms. The normalized spacial score (nSPS) is 20.6. The van der Waals surface area contributed by atoms with E-state index >= 15 is 0 Å². The molecule has 1 fully saturated rings. The highest BCUT2D eigenvalue weighted by atomic mass is 16.5. The molecule has 3 aromatic rings. The maximum atomic E-state index is 13.7. The fraction of sp³-hybridized carbons (Fsp3) is 0.250. The Morgan fingerprint density at radius 3 is 2.60 bits per heavy atom. The standard InChI is InChI=1S/C28H27N3O4/c1-17-13-21-14-20(8-11-23(21)35-17)26(32)24-25(19-6-9-22(10-7-19)30(2)3)31(28(34)27(24)33)16-18-5-4-12-29-15-18/h4-12,14-15,17,25,32H,13,16H2,1-3H3. The van der Waals surface area contributed by atoms with Crippen molar-refractivity contribution in [3.8, 4) is 5.75 Å². The summed E-state index contributed by atoms with van der Waals surface area (Å²) in [6.07, 6.45) is 4.30. The number of carbonyl (C=O) groups excluding carboxylic acids is 2. The summed E-state index contributed by atoms with van der Waals surface area (Å²) in [6.45, 7) is 2.18. The third-order valence-corrected chi connectivity index (χ3v) is 6.54. The number of nitrogens with one attached hydrogen (secondary N) is 1. The van der Waals surface area contributed by atoms with Crippen LogP contribution in [0.4, 0.5) is 5.69 Å². The summed E-state index contributed by atoms with van der Waals surface area (Å²) in [5, 5.41) is 13.7. The van der Waals surface area contributed by atoms with Crippen molar-refractivity contribution in [3.63, 3.8) is 0 Å². The fourth-order valence-electron chi connectivity index (χ4n) is 4.78. The molecule has 1 amide bonds. The number of pyridine rings is 1. The van der Waals surface area contributed by atoms with Gasteiger partial charge in [0.2, 0.25) is 5.78 Å². The number of likely N-dealkylation sites (tertiary alicyclic amines) is 1. The lowest BCUT2D eigenvalue weighted by Gasteiger charge is -2.28. The summed E-state index contributed by atoms with van der Waals surface area (Å²) in [4.78, 5) is 33.0. The molecule has 3 heterocycles. The number of anilines is 1. The Balaban J connectivity index is 1.62. The molecule has 0 saturated carbocycles. The van der Waals surface area contributed by atoms with E-state index in [1.807, 2.05) is 62.3 Å². The Hall–Kier alpha value is -4.13. The third kappa shape index (κ3) is 4.14. The van der Waals surface area contributed by atoms with Crippen LogP contribution in [0.5, 0.6) is 5.75 Å². The molecule has 0 bridgehead atoms. The molecule has 1 N–H and O–H groups in total. The monoisotopic (exact) mass is 469 g/mol. The molecule has 2 aliphatic heterocycles. The number of nitrogens with zero attached hydrogens (tertiary/aromatic N) is 2. The summed E-state index contributed by atoms with van der Waals surface area (Å²) in [5.74, 6) is -1.08. The van der Waals surface area contributed by atoms with E-state index in [4.69, 9.17) is 4.74 Å². The second-order valence-electron chi connectivity index (χ2n) is 9.26. The van der Waals surface area contributed by atoms with Crippen molar-refractivity contribution in [2.24, 2.45) is 0 Å². The minimum Gasteiger partial charge on any atom is -0.872 e. The van der Waals surface area contributed by atoms with Gasteiger partial charge in [-0.05, 0) is 53.9 Å². The van der Waals surface area contributed by atoms with Gasteiger partial charge in [0.15, 0.2) is 12.4 Å². The number of hydrogen-bond acceptors (Lipinski definition) is 5. The summed E-state index contributed by atoms with van der Waals surface area (Å²) < 4.78 is 5.76. The van der Waals surface area contributed by atoms with Crippen molar-refractivity contribution in [3.05, 3.63) is 94.8 Å². The topological polar surface area (TPSA) is 87.0 Å². The maximum absolute atomic E-state index is 13.7. The first-order valence-corrected chi connectivity index (χ1v) is 11.6. The van der Waals surface area contributed by atoms with Crippen molar-refractivity contribution in [1.82, 2.24) is 4.90 Å². The number of amides is 1. The molecular formula is C28H27N3O4. The van der Waals surface area contributed by atoms with Gasteiger partial charge in [-0.1, -0.05) is 24.0 Å². The zero-order valence-electron chi connectivity index (χ0n) is 19.9. The van der Waals surface area contributed by atoms with Gasteiger partial charge in [0.05, 0.1) is 12.6 Å². The predicted octanol–water partition coefficient (Wildman–Crippen LogP) is 2.31. The number of aromatic amines is 1. The van der Waals surface area contributed by atoms with Gasteiger partial charge in [0, 0.05) is 43.4 Å². The SMILES string of the molecule is CC1Cc2cc(C([O-])=C3C(=O)C(=O)N(Cc4ccc[nH+]c4)C3c3ccc(N(C)C)cc3)ccc2O1. The highest BCUT2D eigenvalue weighted by Crippen LogP contribution is 2.41. The number of rotatable bonds is 5. The van der Waals surface area contributed by atoms with Crippen LogP contribution >= 0.6 is 0 Å². The summed E-state index contributed by atoms with van der Waals surface area (Å²) in [6, 6.07) is 15.8. The molecule has 7 heteroatoms. The van der Waals surface area contributed by atoms with Crippen LogP contribution in [0.1, 0.15) is 35.2 Å². The van der Waals surface area contributed by atoms with Crippen LogP contribution < -0.4 is 19.7 Å². The molecular weight excluding hydrogens is 442 g/mol. The lowest BCUT2D eigenvalue weighted by Crippen LogP contribution is -2.29. The second-order valence-corrected chi connectivity index (χ2v) is 9.26. The van der Waals surface area contributed by atoms with Crippen LogP contribution in [-0.4, -0.2) is 36.8 Å². The van der Waals surface area contributed by atoms with E-state index in [0.717, 1.165) is 28.1 Å². The molecule has 35 heavy (non-hydrogen) atoms. The van der Waals surface area contributed by atoms with Crippen molar-refractivity contribution in [2.75, 3.05) is 19.0 Å². The quantitative estimate of drug-likeness (QED) is 0.325. The fourth-order valence-corrected chi connectivity index (χ4v) is 4.78. The van der Waals surface area contributed by atoms with Gasteiger partial charge in [0.1, 0.15) is 11.9 Å². The lowest BCUT2D eigenvalue weighted by molar-refractivity contribution is -0.378. The van der Waals surface area contributed by atoms with Crippen molar-refractivity contribution in [1.29, 1.82) is 0 Å². The van der Waals surface area contributed by atoms with Gasteiger partial charge in [0.25, 0.3) is 5.91 Å². The molecule has 2 unspecified atom stereocenters. The molecule has 5 rings (SSSR count). The molecule has 0 aliphatic carbocycles. The van der Waals surface area contributed by atoms with Crippen LogP contribution in [0.3, 0.4) is 0 Å². The van der Waals surface area contributed by atoms with Crippen LogP contribution in [0.2, 0.25) is 0 Å². The molecule has 7 nitrogen and oxygen atoms in total. The Morgan fingerprint density at radius 1 is 1.14 bits per heavy atom. The minimum atomic E-state index is -0.776. The van der Waals surface area contributed by atoms with Crippen molar-refractivity contribution >= 4 is 23.1 Å². The summed E-state index contributed by atoms with van der Waals surface area (Å²) in [5.41, 5.74) is 3.84. The second kappa shape index (κ2) is 8.91. The van der Waals surface area contributed by atoms with Gasteiger partial charge in [-0.15, -0.1) is 0 Å². The van der Waals surface area contributed by atoms with Gasteiger partial charge in [-0.3, -0.25) is 9.59 Å². The van der Waals surface area contributed by atoms with Crippen LogP contribution in [-0.2, 0) is 22.6 Å². The smallest absolute Gasteiger partial charge is 0.295 e. The maximum Gasteiger partial charge on any atom is 0.295 e. The zero-order chi connectivity index (χ0) is 24.7. The van der Waals surface area contributed by atoms with Gasteiger partial charge < -0.3 is 19.6 Å². The number of ether oxygens (including phenoxy) is 1. The first-order valence-electron chi connectivity index (χ1n) is 11.6. The van der Waals surface area contributed by atoms with Crippen LogP contribution in [0.25, 0.3) is 5.76 Å². The van der Waals surface area contributed by atoms with Crippen molar-refractivity contribution in [2.45, 2.75) is 32.0 Å². The highest BCUT2D eigenvalue weighted by molar-refractivity contribution is 6.46. The van der Waals surface area contributed by atoms with E-state index < -0.39 is 23.5 Å². The molecule has 178 valence electrons. The molecule has 2 atom stereocenters. The molecule has 2 aliphatic rings. The van der Waals surface area contributed by atoms with Crippen LogP contribution in [0.15, 0.2) is 72.6 Å². The van der Waals surface area contributed by atoms with Gasteiger partial charge >= 0.3 is 0 Å². The van der Waals surface area contributed by atoms with E-state index in [1.165, 1.54) is 4.90 Å². The Kier molecular flexibility index (Phi) is 5.76. The number of H-pyrrole nitrogens is 1. The number of aromatic nitrogens is 1. The average molecular weight is 470 g/mol. The summed E-state index contributed by atoms with van der Waals surface area (Å²) in [7, 11) is 3.88. The predicted molar refractivity (Wildman–Crippen MR) is 129 cm³/mol. The van der Waals surface area contributed by atoms with Crippen molar-refractivity contribution < 1.29 is 24.4 Å². The Morgan fingerprint density at radius 2 is 1.91 bits per heavy atom. The van der Waals surface area contributed by atoms with E-state index in [9.17, 15) is 14.7 Å². The minimum absolute atomic E-state index is 0.0144. The number of hydrogen-bond donors (Lipinski definition) is 0. The Labute approximate surface area is 204 Å². The van der Waals surface area contributed by atoms with E-state index in [2.05, 4.69) is 4.98 Å². The average Bonchev–Trinajstić information content (AvgIpc) is 3.35. The first kappa shape index (κ1) is 22.7. The number of fused-ring (bicyclic) bond motifs is 1. The van der Waals surface area contributed by atoms with Gasteiger partial charge in [-0.25, -0.2) is 4.98 Å². The third-order valence-electron chi connectivity index (χ3n) is 6.54.